The second-order valence-electron chi connectivity index (χ2n) is 13.5. The predicted octanol–water partition coefficient (Wildman–Crippen LogP) is 7.18. The minimum atomic E-state index is -1.38. The Labute approximate surface area is 318 Å². The van der Waals surface area contributed by atoms with Gasteiger partial charge in [-0.15, -0.1) is 0 Å². The van der Waals surface area contributed by atoms with Gasteiger partial charge in [0, 0.05) is 12.3 Å². The van der Waals surface area contributed by atoms with E-state index in [0.29, 0.717) is 0 Å². The van der Waals surface area contributed by atoms with E-state index in [0.717, 1.165) is 33.4 Å². The van der Waals surface area contributed by atoms with Crippen LogP contribution in [0.4, 0.5) is 0 Å². The highest BCUT2D eigenvalue weighted by Gasteiger charge is 2.52. The number of H-pyrrole nitrogens is 1. The average Bonchev–Trinajstić information content (AvgIpc) is 3.55. The number of hydrogen-bond donors (Lipinski definition) is 2. The molecule has 274 valence electrons. The highest BCUT2D eigenvalue weighted by Crippen LogP contribution is 2.46. The van der Waals surface area contributed by atoms with Crippen LogP contribution < -0.4 is 11.2 Å². The van der Waals surface area contributed by atoms with Crippen LogP contribution in [0.25, 0.3) is 0 Å². The molecule has 0 aliphatic carbocycles. The quantitative estimate of drug-likeness (QED) is 0.129. The van der Waals surface area contributed by atoms with Crippen molar-refractivity contribution in [2.24, 2.45) is 0 Å². The fourth-order valence-electron chi connectivity index (χ4n) is 7.76. The molecule has 1 saturated heterocycles. The number of nitrogens with one attached hydrogen (secondary N) is 1. The zero-order valence-corrected chi connectivity index (χ0v) is 29.9. The molecule has 0 saturated carbocycles. The standard InChI is InChI=1S/C47H40N2O6/c50-41-31-32-49(45(52)48-41)44-42(51)43(55-47(37-25-13-4-14-26-37,38-27-15-5-16-28-38)39-29-17-6-18-30-39)40(54-44)33-53-46(34-19-7-1-8-20-34,35-21-9-2-10-22-35)36-23-11-3-12-24-36/h1-32,40,42-44,51H,33H2,(H,48,50,52)/t40-,42+,43?,44-/m1/s1. The van der Waals surface area contributed by atoms with Gasteiger partial charge in [0.15, 0.2) is 6.23 Å². The maximum absolute atomic E-state index is 13.3. The number of aliphatic hydroxyl groups excluding tert-OH is 1. The van der Waals surface area contributed by atoms with Crippen LogP contribution in [0.2, 0.25) is 0 Å². The van der Waals surface area contributed by atoms with E-state index >= 15 is 0 Å². The number of nitrogens with zero attached hydrogens (tertiary/aromatic N) is 1. The summed E-state index contributed by atoms with van der Waals surface area (Å²) in [5.74, 6) is 0. The van der Waals surface area contributed by atoms with E-state index in [9.17, 15) is 14.7 Å². The van der Waals surface area contributed by atoms with Crippen LogP contribution in [0, 0.1) is 0 Å². The van der Waals surface area contributed by atoms with E-state index in [4.69, 9.17) is 14.2 Å². The number of aromatic nitrogens is 2. The van der Waals surface area contributed by atoms with Gasteiger partial charge >= 0.3 is 5.69 Å². The molecule has 0 bridgehead atoms. The van der Waals surface area contributed by atoms with Crippen LogP contribution in [-0.4, -0.2) is 39.6 Å². The number of benzene rings is 6. The molecule has 7 aromatic rings. The second kappa shape index (κ2) is 15.7. The first kappa shape index (κ1) is 35.8. The highest BCUT2D eigenvalue weighted by molar-refractivity contribution is 5.49. The van der Waals surface area contributed by atoms with Crippen molar-refractivity contribution in [2.45, 2.75) is 35.7 Å². The Balaban J connectivity index is 1.30. The molecule has 1 fully saturated rings. The van der Waals surface area contributed by atoms with Gasteiger partial charge in [0.1, 0.15) is 29.5 Å². The van der Waals surface area contributed by atoms with Gasteiger partial charge in [-0.1, -0.05) is 182 Å². The van der Waals surface area contributed by atoms with E-state index in [1.165, 1.54) is 16.8 Å². The first-order valence-electron chi connectivity index (χ1n) is 18.3. The fraction of sp³-hybridized carbons (Fsp3) is 0.149. The Morgan fingerprint density at radius 2 is 0.909 bits per heavy atom. The minimum absolute atomic E-state index is 0.0660. The summed E-state index contributed by atoms with van der Waals surface area (Å²) in [4.78, 5) is 27.7. The van der Waals surface area contributed by atoms with E-state index in [2.05, 4.69) is 4.98 Å². The number of hydrogen-bond acceptors (Lipinski definition) is 6. The summed E-state index contributed by atoms with van der Waals surface area (Å²) in [6.07, 6.45) is -3.26. The van der Waals surface area contributed by atoms with Crippen LogP contribution >= 0.6 is 0 Å². The smallest absolute Gasteiger partial charge is 0.330 e. The second-order valence-corrected chi connectivity index (χ2v) is 13.5. The van der Waals surface area contributed by atoms with Gasteiger partial charge in [-0.05, 0) is 33.4 Å². The van der Waals surface area contributed by atoms with Crippen molar-refractivity contribution in [3.05, 3.63) is 248 Å². The van der Waals surface area contributed by atoms with Crippen molar-refractivity contribution in [3.63, 3.8) is 0 Å². The maximum Gasteiger partial charge on any atom is 0.330 e. The van der Waals surface area contributed by atoms with Crippen molar-refractivity contribution >= 4 is 0 Å². The van der Waals surface area contributed by atoms with Gasteiger partial charge in [-0.2, -0.15) is 0 Å². The van der Waals surface area contributed by atoms with E-state index in [-0.39, 0.29) is 6.61 Å². The summed E-state index contributed by atoms with van der Waals surface area (Å²) in [5, 5.41) is 12.4. The Morgan fingerprint density at radius 1 is 0.545 bits per heavy atom. The lowest BCUT2D eigenvalue weighted by Crippen LogP contribution is -2.47. The molecule has 6 aromatic carbocycles. The van der Waals surface area contributed by atoms with Crippen molar-refractivity contribution < 1.29 is 19.3 Å². The number of rotatable bonds is 12. The zero-order valence-electron chi connectivity index (χ0n) is 29.9. The normalized spacial score (nSPS) is 18.6. The van der Waals surface area contributed by atoms with Crippen molar-refractivity contribution in [1.29, 1.82) is 0 Å². The summed E-state index contributed by atoms with van der Waals surface area (Å²) in [6.45, 7) is -0.0660. The van der Waals surface area contributed by atoms with Crippen molar-refractivity contribution in [3.8, 4) is 0 Å². The fourth-order valence-corrected chi connectivity index (χ4v) is 7.76. The SMILES string of the molecule is O=c1ccn([C@@H]2O[C@H](COC(c3ccccc3)(c3ccccc3)c3ccccc3)C(OC(c3ccccc3)(c3ccccc3)c3ccccc3)[C@@H]2O)c(=O)[nH]1. The zero-order chi connectivity index (χ0) is 37.7. The van der Waals surface area contributed by atoms with E-state index in [1.807, 2.05) is 182 Å². The molecule has 1 aromatic heterocycles. The molecule has 0 radical (unpaired) electrons. The minimum Gasteiger partial charge on any atom is -0.386 e. The number of ether oxygens (including phenoxy) is 3. The first-order valence-corrected chi connectivity index (χ1v) is 18.3. The molecular weight excluding hydrogens is 689 g/mol. The monoisotopic (exact) mass is 728 g/mol. The molecule has 0 amide bonds. The van der Waals surface area contributed by atoms with Gasteiger partial charge in [0.2, 0.25) is 0 Å². The van der Waals surface area contributed by atoms with Gasteiger partial charge in [0.05, 0.1) is 6.61 Å². The Hall–Kier alpha value is -6.16. The molecule has 4 atom stereocenters. The van der Waals surface area contributed by atoms with Crippen LogP contribution in [0.1, 0.15) is 39.6 Å². The summed E-state index contributed by atoms with van der Waals surface area (Å²) in [6, 6.07) is 60.8. The van der Waals surface area contributed by atoms with Crippen LogP contribution in [0.5, 0.6) is 0 Å². The van der Waals surface area contributed by atoms with Crippen LogP contribution in [-0.2, 0) is 25.4 Å². The molecule has 8 nitrogen and oxygen atoms in total. The molecule has 8 rings (SSSR count). The number of aliphatic hydroxyl groups is 1. The Morgan fingerprint density at radius 3 is 1.27 bits per heavy atom. The molecular formula is C47H40N2O6. The first-order chi connectivity index (χ1) is 27.0. The highest BCUT2D eigenvalue weighted by atomic mass is 16.6. The molecule has 1 aliphatic rings. The van der Waals surface area contributed by atoms with Crippen molar-refractivity contribution in [2.75, 3.05) is 6.61 Å². The van der Waals surface area contributed by atoms with Crippen molar-refractivity contribution in [1.82, 2.24) is 9.55 Å². The molecule has 2 N–H and O–H groups in total. The third-order valence-electron chi connectivity index (χ3n) is 10.3. The van der Waals surface area contributed by atoms with Gasteiger partial charge in [-0.3, -0.25) is 14.3 Å². The molecule has 8 heteroatoms. The third kappa shape index (κ3) is 6.77. The largest absolute Gasteiger partial charge is 0.386 e. The van der Waals surface area contributed by atoms with Gasteiger partial charge in [0.25, 0.3) is 5.56 Å². The Kier molecular flexibility index (Phi) is 10.2. The molecule has 0 spiro atoms. The van der Waals surface area contributed by atoms with Gasteiger partial charge in [-0.25, -0.2) is 4.79 Å². The Bertz CT molecular complexity index is 2210. The van der Waals surface area contributed by atoms with E-state index < -0.39 is 47.0 Å². The van der Waals surface area contributed by atoms with Crippen LogP contribution in [0.3, 0.4) is 0 Å². The lowest BCUT2D eigenvalue weighted by atomic mass is 9.79. The van der Waals surface area contributed by atoms with Gasteiger partial charge < -0.3 is 19.3 Å². The maximum atomic E-state index is 13.3. The summed E-state index contributed by atoms with van der Waals surface area (Å²) in [7, 11) is 0. The summed E-state index contributed by atoms with van der Waals surface area (Å²) in [5.41, 5.74) is 1.54. The lowest BCUT2D eigenvalue weighted by Gasteiger charge is -2.41. The predicted molar refractivity (Wildman–Crippen MR) is 210 cm³/mol. The topological polar surface area (TPSA) is 103 Å². The lowest BCUT2D eigenvalue weighted by molar-refractivity contribution is -0.131. The van der Waals surface area contributed by atoms with Crippen LogP contribution in [0.15, 0.2) is 204 Å². The molecule has 1 aliphatic heterocycles. The van der Waals surface area contributed by atoms with E-state index in [1.54, 1.807) is 0 Å². The third-order valence-corrected chi connectivity index (χ3v) is 10.3. The number of aromatic amines is 1. The molecule has 55 heavy (non-hydrogen) atoms. The average molecular weight is 729 g/mol. The molecule has 1 unspecified atom stereocenters. The summed E-state index contributed by atoms with van der Waals surface area (Å²) < 4.78 is 22.6. The molecule has 2 heterocycles. The summed E-state index contributed by atoms with van der Waals surface area (Å²) >= 11 is 0.